The SMILES string of the molecule is O=S(=O)([O-])[O-].[Ca+2].[Na+].[O-]Cl. The van der Waals surface area contributed by atoms with Crippen molar-refractivity contribution in [2.24, 2.45) is 0 Å². The second kappa shape index (κ2) is 13.0. The minimum Gasteiger partial charge on any atom is -0.769 e. The zero-order chi connectivity index (χ0) is 6.50. The van der Waals surface area contributed by atoms with E-state index in [9.17, 15) is 0 Å². The molecule has 46 valence electrons. The smallest absolute Gasteiger partial charge is 0.769 e. The molecule has 0 rings (SSSR count). The zero-order valence-electron chi connectivity index (χ0n) is 4.53. The third kappa shape index (κ3) is 129. The molecule has 0 atom stereocenters. The first-order valence-electron chi connectivity index (χ1n) is 0.821. The molecule has 9 heteroatoms. The van der Waals surface area contributed by atoms with Gasteiger partial charge in [-0.25, -0.2) is 11.9 Å². The number of hydrogen-bond donors (Lipinski definition) is 0. The van der Waals surface area contributed by atoms with E-state index in [1.807, 2.05) is 0 Å². The molecule has 0 aromatic rings. The summed E-state index contributed by atoms with van der Waals surface area (Å²) < 4.78 is 41.8. The summed E-state index contributed by atoms with van der Waals surface area (Å²) in [6.07, 6.45) is 0. The van der Waals surface area contributed by atoms with Crippen molar-refractivity contribution < 1.29 is 51.7 Å². The van der Waals surface area contributed by atoms with Crippen LogP contribution in [-0.2, 0) is 10.4 Å². The van der Waals surface area contributed by atoms with Gasteiger partial charge in [0.2, 0.25) is 0 Å². The topological polar surface area (TPSA) is 103 Å². The van der Waals surface area contributed by atoms with Gasteiger partial charge < -0.3 is 13.8 Å². The quantitative estimate of drug-likeness (QED) is 0.226. The summed E-state index contributed by atoms with van der Waals surface area (Å²) in [5, 5.41) is 0. The van der Waals surface area contributed by atoms with Gasteiger partial charge in [0.1, 0.15) is 0 Å². The van der Waals surface area contributed by atoms with Crippen LogP contribution >= 0.6 is 11.9 Å². The van der Waals surface area contributed by atoms with Crippen molar-refractivity contribution in [2.45, 2.75) is 0 Å². The van der Waals surface area contributed by atoms with Gasteiger partial charge in [-0.15, -0.1) is 0 Å². The van der Waals surface area contributed by atoms with Crippen molar-refractivity contribution in [2.75, 3.05) is 0 Å². The summed E-state index contributed by atoms with van der Waals surface area (Å²) in [7, 11) is -5.17. The van der Waals surface area contributed by atoms with Gasteiger partial charge in [-0.05, 0) is 0 Å². The zero-order valence-corrected chi connectivity index (χ0v) is 10.3. The fourth-order valence-corrected chi connectivity index (χ4v) is 0. The molecule has 0 unspecified atom stereocenters. The van der Waals surface area contributed by atoms with E-state index in [1.54, 1.807) is 0 Å². The Morgan fingerprint density at radius 2 is 1.11 bits per heavy atom. The largest absolute Gasteiger partial charge is 2.00 e. The van der Waals surface area contributed by atoms with E-state index < -0.39 is 10.4 Å². The van der Waals surface area contributed by atoms with Crippen LogP contribution in [0.5, 0.6) is 0 Å². The standard InChI is InChI=1S/Ca.ClO.Na.H2O4S/c;1-2;;1-5(2,3)4/h;;;(H2,1,2,3,4)/q+2;-1;+1;/p-2. The van der Waals surface area contributed by atoms with Crippen LogP contribution < -0.4 is 34.2 Å². The molecule has 0 radical (unpaired) electrons. The Labute approximate surface area is 110 Å². The van der Waals surface area contributed by atoms with E-state index in [4.69, 9.17) is 22.2 Å². The van der Waals surface area contributed by atoms with Crippen LogP contribution in [-0.4, -0.2) is 55.3 Å². The molecule has 0 heterocycles. The molecule has 0 amide bonds. The van der Waals surface area contributed by atoms with Gasteiger partial charge in [-0.2, -0.15) is 0 Å². The molecule has 0 aliphatic heterocycles. The first-order valence-corrected chi connectivity index (χ1v) is 2.46. The average molecular weight is 211 g/mol. The molecule has 0 saturated carbocycles. The molecular weight excluding hydrogens is 211 g/mol. The second-order valence-corrected chi connectivity index (χ2v) is 1.22. The van der Waals surface area contributed by atoms with Crippen LogP contribution in [0.1, 0.15) is 0 Å². The van der Waals surface area contributed by atoms with Gasteiger partial charge in [0.25, 0.3) is 0 Å². The summed E-state index contributed by atoms with van der Waals surface area (Å²) >= 11 is 3.39. The van der Waals surface area contributed by atoms with Crippen molar-refractivity contribution in [3.63, 3.8) is 0 Å². The number of rotatable bonds is 0. The Bertz CT molecular complexity index is 100. The van der Waals surface area contributed by atoms with Crippen LogP contribution in [0.2, 0.25) is 0 Å². The molecule has 0 bridgehead atoms. The monoisotopic (exact) mass is 210 g/mol. The Morgan fingerprint density at radius 1 is 1.11 bits per heavy atom. The fourth-order valence-electron chi connectivity index (χ4n) is 0. The minimum atomic E-state index is -5.17. The average Bonchev–Trinajstić information content (AvgIpc) is 1.36. The van der Waals surface area contributed by atoms with E-state index in [0.29, 0.717) is 0 Å². The van der Waals surface area contributed by atoms with E-state index in [0.717, 1.165) is 0 Å². The third-order valence-electron chi connectivity index (χ3n) is 0. The van der Waals surface area contributed by atoms with Crippen LogP contribution in [0.3, 0.4) is 0 Å². The Kier molecular flexibility index (Phi) is 32.5. The number of hydrogen-bond acceptors (Lipinski definition) is 5. The third-order valence-corrected chi connectivity index (χ3v) is 0. The van der Waals surface area contributed by atoms with Gasteiger partial charge in [0.15, 0.2) is 0 Å². The van der Waals surface area contributed by atoms with E-state index in [1.165, 1.54) is 0 Å². The predicted octanol–water partition coefficient (Wildman–Crippen LogP) is -5.21. The maximum atomic E-state index is 8.52. The predicted molar refractivity (Wildman–Crippen MR) is 22.1 cm³/mol. The van der Waals surface area contributed by atoms with Crippen molar-refractivity contribution in [3.8, 4) is 0 Å². The molecule has 0 fully saturated rings. The normalized spacial score (nSPS) is 7.11. The van der Waals surface area contributed by atoms with Gasteiger partial charge >= 0.3 is 67.3 Å². The molecule has 0 aliphatic carbocycles. The summed E-state index contributed by atoms with van der Waals surface area (Å²) in [4.78, 5) is 0. The maximum Gasteiger partial charge on any atom is 2.00 e. The van der Waals surface area contributed by atoms with Crippen LogP contribution in [0.4, 0.5) is 0 Å². The molecule has 0 aromatic heterocycles. The molecule has 0 spiro atoms. The summed E-state index contributed by atoms with van der Waals surface area (Å²) in [6, 6.07) is 0. The minimum absolute atomic E-state index is 0. The Morgan fingerprint density at radius 3 is 1.11 bits per heavy atom. The molecule has 0 N–H and O–H groups in total. The van der Waals surface area contributed by atoms with Gasteiger partial charge in [0.05, 0.1) is 0 Å². The van der Waals surface area contributed by atoms with Gasteiger partial charge in [-0.3, -0.25) is 8.42 Å². The van der Waals surface area contributed by atoms with Crippen molar-refractivity contribution in [3.05, 3.63) is 0 Å². The van der Waals surface area contributed by atoms with Crippen molar-refractivity contribution >= 4 is 60.0 Å². The molecular formula is CaClNaO5S. The van der Waals surface area contributed by atoms with E-state index in [-0.39, 0.29) is 67.3 Å². The Hall–Kier alpha value is 2.38. The van der Waals surface area contributed by atoms with Crippen LogP contribution in [0.25, 0.3) is 0 Å². The first-order chi connectivity index (χ1) is 3.00. The molecule has 5 nitrogen and oxygen atoms in total. The Balaban J connectivity index is -0.0000000286. The number of halogens is 1. The van der Waals surface area contributed by atoms with Gasteiger partial charge in [0, 0.05) is 10.4 Å². The molecule has 0 aliphatic rings. The van der Waals surface area contributed by atoms with Crippen molar-refractivity contribution in [1.82, 2.24) is 0 Å². The van der Waals surface area contributed by atoms with Crippen LogP contribution in [0.15, 0.2) is 0 Å². The first kappa shape index (κ1) is 22.5. The van der Waals surface area contributed by atoms with Crippen LogP contribution in [0, 0.1) is 0 Å². The fraction of sp³-hybridized carbons (Fsp3) is 0. The molecule has 0 saturated heterocycles. The van der Waals surface area contributed by atoms with Crippen molar-refractivity contribution in [1.29, 1.82) is 0 Å². The van der Waals surface area contributed by atoms with Gasteiger partial charge in [-0.1, -0.05) is 0 Å². The van der Waals surface area contributed by atoms with E-state index >= 15 is 0 Å². The maximum absolute atomic E-state index is 8.52. The molecule has 9 heavy (non-hydrogen) atoms. The van der Waals surface area contributed by atoms with E-state index in [2.05, 4.69) is 11.9 Å². The summed E-state index contributed by atoms with van der Waals surface area (Å²) in [6.45, 7) is 0. The summed E-state index contributed by atoms with van der Waals surface area (Å²) in [5.74, 6) is 0. The second-order valence-electron chi connectivity index (χ2n) is 0.408. The summed E-state index contributed by atoms with van der Waals surface area (Å²) in [5.41, 5.74) is 0. The molecule has 0 aromatic carbocycles.